The van der Waals surface area contributed by atoms with Crippen LogP contribution < -0.4 is 14.8 Å². The fraction of sp³-hybridized carbons (Fsp3) is 0.300. The Hall–Kier alpha value is -3.02. The van der Waals surface area contributed by atoms with Crippen LogP contribution >= 0.6 is 0 Å². The quantitative estimate of drug-likeness (QED) is 0.767. The van der Waals surface area contributed by atoms with E-state index in [1.807, 2.05) is 6.92 Å². The molecule has 6 nitrogen and oxygen atoms in total. The lowest BCUT2D eigenvalue weighted by Crippen LogP contribution is -2.30. The summed E-state index contributed by atoms with van der Waals surface area (Å²) in [4.78, 5) is 24.1. The third-order valence-corrected chi connectivity index (χ3v) is 3.72. The summed E-state index contributed by atoms with van der Waals surface area (Å²) in [5.74, 6) is 0.518. The largest absolute Gasteiger partial charge is 0.497 e. The summed E-state index contributed by atoms with van der Waals surface area (Å²) in [7, 11) is 1.57. The maximum atomic E-state index is 12.4. The lowest BCUT2D eigenvalue weighted by atomic mass is 10.1. The molecule has 0 heterocycles. The number of ether oxygens (including phenoxy) is 3. The molecule has 0 fully saturated rings. The fourth-order valence-corrected chi connectivity index (χ4v) is 2.31. The average Bonchev–Trinajstić information content (AvgIpc) is 2.63. The molecule has 0 saturated carbocycles. The lowest BCUT2D eigenvalue weighted by Gasteiger charge is -2.16. The van der Waals surface area contributed by atoms with Gasteiger partial charge in [-0.2, -0.15) is 0 Å². The molecule has 0 unspecified atom stereocenters. The molecule has 0 spiro atoms. The number of hydrogen-bond acceptors (Lipinski definition) is 5. The number of esters is 1. The molecular weight excluding hydrogens is 334 g/mol. The first-order valence-corrected chi connectivity index (χ1v) is 8.34. The first-order chi connectivity index (χ1) is 12.4. The second-order valence-electron chi connectivity index (χ2n) is 5.68. The van der Waals surface area contributed by atoms with Crippen molar-refractivity contribution in [2.24, 2.45) is 0 Å². The molecule has 0 radical (unpaired) electrons. The van der Waals surface area contributed by atoms with Crippen molar-refractivity contribution in [3.63, 3.8) is 0 Å². The zero-order valence-corrected chi connectivity index (χ0v) is 15.4. The topological polar surface area (TPSA) is 73.9 Å². The van der Waals surface area contributed by atoms with Gasteiger partial charge in [0.1, 0.15) is 11.5 Å². The molecule has 2 rings (SSSR count). The number of amides is 1. The van der Waals surface area contributed by atoms with Crippen LogP contribution in [0.1, 0.15) is 29.8 Å². The molecule has 2 aromatic rings. The molecule has 26 heavy (non-hydrogen) atoms. The number of nitrogens with one attached hydrogen (secondary N) is 1. The Labute approximate surface area is 153 Å². The zero-order valence-electron chi connectivity index (χ0n) is 15.4. The van der Waals surface area contributed by atoms with Crippen LogP contribution in [0.25, 0.3) is 0 Å². The van der Waals surface area contributed by atoms with Crippen LogP contribution in [0, 0.1) is 6.92 Å². The van der Waals surface area contributed by atoms with Crippen molar-refractivity contribution in [1.82, 2.24) is 0 Å². The Morgan fingerprint density at radius 1 is 1.12 bits per heavy atom. The summed E-state index contributed by atoms with van der Waals surface area (Å²) in [5.41, 5.74) is 1.82. The smallest absolute Gasteiger partial charge is 0.338 e. The number of benzene rings is 2. The molecule has 1 atom stereocenters. The van der Waals surface area contributed by atoms with E-state index in [1.54, 1.807) is 63.4 Å². The molecule has 1 amide bonds. The van der Waals surface area contributed by atoms with Gasteiger partial charge < -0.3 is 19.5 Å². The summed E-state index contributed by atoms with van der Waals surface area (Å²) in [6.07, 6.45) is -0.703. The maximum Gasteiger partial charge on any atom is 0.338 e. The van der Waals surface area contributed by atoms with Crippen LogP contribution in [-0.2, 0) is 9.53 Å². The Kier molecular flexibility index (Phi) is 6.60. The van der Waals surface area contributed by atoms with Gasteiger partial charge in [-0.15, -0.1) is 0 Å². The van der Waals surface area contributed by atoms with Crippen LogP contribution in [0.15, 0.2) is 42.5 Å². The van der Waals surface area contributed by atoms with Crippen molar-refractivity contribution in [2.45, 2.75) is 26.9 Å². The fourth-order valence-electron chi connectivity index (χ4n) is 2.31. The first-order valence-electron chi connectivity index (χ1n) is 8.34. The van der Waals surface area contributed by atoms with Crippen LogP contribution in [-0.4, -0.2) is 31.7 Å². The Balaban J connectivity index is 2.03. The van der Waals surface area contributed by atoms with Crippen LogP contribution in [0.2, 0.25) is 0 Å². The summed E-state index contributed by atoms with van der Waals surface area (Å²) in [5, 5.41) is 2.81. The first kappa shape index (κ1) is 19.3. The van der Waals surface area contributed by atoms with Crippen molar-refractivity contribution in [2.75, 3.05) is 19.0 Å². The Morgan fingerprint density at radius 2 is 1.85 bits per heavy atom. The van der Waals surface area contributed by atoms with E-state index in [1.165, 1.54) is 0 Å². The van der Waals surface area contributed by atoms with Crippen LogP contribution in [0.4, 0.5) is 5.69 Å². The van der Waals surface area contributed by atoms with Gasteiger partial charge in [-0.1, -0.05) is 6.07 Å². The number of carbonyl (C=O) groups is 2. The van der Waals surface area contributed by atoms with Gasteiger partial charge in [-0.25, -0.2) is 4.79 Å². The lowest BCUT2D eigenvalue weighted by molar-refractivity contribution is -0.122. The van der Waals surface area contributed by atoms with Crippen LogP contribution in [0.3, 0.4) is 0 Å². The Morgan fingerprint density at radius 3 is 2.50 bits per heavy atom. The molecule has 0 saturated heterocycles. The molecule has 2 aromatic carbocycles. The highest BCUT2D eigenvalue weighted by molar-refractivity contribution is 5.96. The minimum atomic E-state index is -0.703. The number of hydrogen-bond donors (Lipinski definition) is 1. The van der Waals surface area contributed by atoms with Crippen molar-refractivity contribution < 1.29 is 23.8 Å². The van der Waals surface area contributed by atoms with Gasteiger partial charge in [-0.3, -0.25) is 4.79 Å². The third kappa shape index (κ3) is 4.99. The van der Waals surface area contributed by atoms with E-state index in [0.29, 0.717) is 29.4 Å². The molecule has 0 aromatic heterocycles. The zero-order chi connectivity index (χ0) is 19.1. The van der Waals surface area contributed by atoms with E-state index in [9.17, 15) is 9.59 Å². The van der Waals surface area contributed by atoms with Crippen molar-refractivity contribution in [3.8, 4) is 11.5 Å². The number of rotatable bonds is 7. The molecule has 0 aliphatic carbocycles. The number of carbonyl (C=O) groups excluding carboxylic acids is 2. The monoisotopic (exact) mass is 357 g/mol. The molecule has 0 bridgehead atoms. The molecule has 1 N–H and O–H groups in total. The predicted octanol–water partition coefficient (Wildman–Crippen LogP) is 3.59. The summed E-state index contributed by atoms with van der Waals surface area (Å²) in [6, 6.07) is 12.0. The normalized spacial score (nSPS) is 11.4. The second-order valence-corrected chi connectivity index (χ2v) is 5.68. The van der Waals surface area contributed by atoms with E-state index in [-0.39, 0.29) is 11.9 Å². The Bertz CT molecular complexity index is 788. The molecule has 0 aliphatic heterocycles. The van der Waals surface area contributed by atoms with Gasteiger partial charge in [0.15, 0.2) is 6.10 Å². The number of anilines is 1. The summed E-state index contributed by atoms with van der Waals surface area (Å²) < 4.78 is 15.8. The van der Waals surface area contributed by atoms with Gasteiger partial charge >= 0.3 is 5.97 Å². The van der Waals surface area contributed by atoms with Gasteiger partial charge in [0.05, 0.1) is 19.3 Å². The minimum Gasteiger partial charge on any atom is -0.497 e. The van der Waals surface area contributed by atoms with E-state index >= 15 is 0 Å². The van der Waals surface area contributed by atoms with Crippen molar-refractivity contribution in [1.29, 1.82) is 0 Å². The standard InChI is InChI=1S/C20H23NO5/c1-5-25-20(23)15-9-10-18(13(2)11-15)21-19(22)14(3)26-17-8-6-7-16(12-17)24-4/h6-12,14H,5H2,1-4H3,(H,21,22)/t14-/m1/s1. The second kappa shape index (κ2) is 8.89. The van der Waals surface area contributed by atoms with Gasteiger partial charge in [0.25, 0.3) is 5.91 Å². The highest BCUT2D eigenvalue weighted by Crippen LogP contribution is 2.21. The summed E-state index contributed by atoms with van der Waals surface area (Å²) in [6.45, 7) is 5.54. The molecule has 6 heteroatoms. The minimum absolute atomic E-state index is 0.292. The van der Waals surface area contributed by atoms with E-state index in [0.717, 1.165) is 5.56 Å². The van der Waals surface area contributed by atoms with E-state index in [4.69, 9.17) is 14.2 Å². The van der Waals surface area contributed by atoms with Crippen molar-refractivity contribution >= 4 is 17.6 Å². The van der Waals surface area contributed by atoms with E-state index in [2.05, 4.69) is 5.32 Å². The van der Waals surface area contributed by atoms with Gasteiger partial charge in [0, 0.05) is 11.8 Å². The number of aryl methyl sites for hydroxylation is 1. The van der Waals surface area contributed by atoms with Crippen molar-refractivity contribution in [3.05, 3.63) is 53.6 Å². The van der Waals surface area contributed by atoms with Gasteiger partial charge in [-0.05, 0) is 56.7 Å². The molecule has 0 aliphatic rings. The average molecular weight is 357 g/mol. The number of methoxy groups -OCH3 is 1. The molecule has 138 valence electrons. The van der Waals surface area contributed by atoms with Crippen LogP contribution in [0.5, 0.6) is 11.5 Å². The summed E-state index contributed by atoms with van der Waals surface area (Å²) >= 11 is 0. The highest BCUT2D eigenvalue weighted by Gasteiger charge is 2.17. The molecular formula is C20H23NO5. The van der Waals surface area contributed by atoms with Gasteiger partial charge in [0.2, 0.25) is 0 Å². The highest BCUT2D eigenvalue weighted by atomic mass is 16.5. The predicted molar refractivity (Wildman–Crippen MR) is 98.8 cm³/mol. The van der Waals surface area contributed by atoms with E-state index < -0.39 is 6.10 Å². The maximum absolute atomic E-state index is 12.4. The third-order valence-electron chi connectivity index (χ3n) is 3.72. The SMILES string of the molecule is CCOC(=O)c1ccc(NC(=O)[C@@H](C)Oc2cccc(OC)c2)c(C)c1.